The van der Waals surface area contributed by atoms with Gasteiger partial charge in [0.15, 0.2) is 0 Å². The molecule has 0 fully saturated rings. The molecule has 2 heterocycles. The fraction of sp³-hybridized carbons (Fsp3) is 0.235. The van der Waals surface area contributed by atoms with Gasteiger partial charge in [0.1, 0.15) is 5.00 Å². The average molecular weight is 379 g/mol. The minimum absolute atomic E-state index is 0.0551. The largest absolute Gasteiger partial charge is 0.478 e. The maximum Gasteiger partial charge on any atom is 0.339 e. The smallest absolute Gasteiger partial charge is 0.339 e. The molecule has 0 atom stereocenters. The van der Waals surface area contributed by atoms with Crippen LogP contribution in [0.5, 0.6) is 0 Å². The lowest BCUT2D eigenvalue weighted by atomic mass is 10.0. The van der Waals surface area contributed by atoms with Crippen LogP contribution >= 0.6 is 22.9 Å². The number of hydrogen-bond acceptors (Lipinski definition) is 4. The molecular formula is C17H15ClN2O4S. The van der Waals surface area contributed by atoms with E-state index in [1.54, 1.807) is 23.1 Å². The van der Waals surface area contributed by atoms with Crippen LogP contribution in [0.3, 0.4) is 0 Å². The van der Waals surface area contributed by atoms with Crippen molar-refractivity contribution < 1.29 is 19.5 Å². The quantitative estimate of drug-likeness (QED) is 0.858. The Bertz CT molecular complexity index is 878. The van der Waals surface area contributed by atoms with Crippen molar-refractivity contribution in [2.75, 3.05) is 11.9 Å². The van der Waals surface area contributed by atoms with E-state index >= 15 is 0 Å². The number of rotatable bonds is 3. The Balaban J connectivity index is 1.93. The van der Waals surface area contributed by atoms with Gasteiger partial charge in [-0.25, -0.2) is 4.79 Å². The number of anilines is 1. The number of hydrogen-bond donors (Lipinski definition) is 2. The molecule has 3 rings (SSSR count). The summed E-state index contributed by atoms with van der Waals surface area (Å²) >= 11 is 7.09. The number of halogens is 1. The first-order valence-corrected chi connectivity index (χ1v) is 8.76. The van der Waals surface area contributed by atoms with Crippen LogP contribution in [-0.4, -0.2) is 34.3 Å². The van der Waals surface area contributed by atoms with Crippen molar-refractivity contribution in [3.8, 4) is 0 Å². The Hall–Kier alpha value is -2.38. The summed E-state index contributed by atoms with van der Waals surface area (Å²) in [7, 11) is 0. The number of fused-ring (bicyclic) bond motifs is 1. The number of amides is 2. The molecule has 0 bridgehead atoms. The third kappa shape index (κ3) is 3.52. The van der Waals surface area contributed by atoms with Crippen molar-refractivity contribution in [2.24, 2.45) is 0 Å². The van der Waals surface area contributed by atoms with E-state index in [1.165, 1.54) is 24.3 Å². The standard InChI is InChI=1S/C17H15ClN2O4S/c1-9(21)20-6-5-12-13(8-20)25-16(14(12)17(23)24)19-15(22)10-3-2-4-11(18)7-10/h2-4,7H,5-6,8H2,1H3,(H,19,22)(H,23,24). The van der Waals surface area contributed by atoms with Gasteiger partial charge in [-0.1, -0.05) is 17.7 Å². The third-order valence-electron chi connectivity index (χ3n) is 4.03. The predicted octanol–water partition coefficient (Wildman–Crippen LogP) is 3.26. The van der Waals surface area contributed by atoms with E-state index in [0.717, 1.165) is 4.88 Å². The summed E-state index contributed by atoms with van der Waals surface area (Å²) in [5, 5.41) is 13.0. The van der Waals surface area contributed by atoms with E-state index in [2.05, 4.69) is 5.32 Å². The minimum Gasteiger partial charge on any atom is -0.478 e. The number of thiophene rings is 1. The number of nitrogens with zero attached hydrogens (tertiary/aromatic N) is 1. The maximum atomic E-state index is 12.4. The Morgan fingerprint density at radius 1 is 1.32 bits per heavy atom. The second-order valence-corrected chi connectivity index (χ2v) is 7.21. The summed E-state index contributed by atoms with van der Waals surface area (Å²) in [6.07, 6.45) is 0.458. The summed E-state index contributed by atoms with van der Waals surface area (Å²) in [4.78, 5) is 38.1. The molecular weight excluding hydrogens is 364 g/mol. The zero-order valence-electron chi connectivity index (χ0n) is 13.3. The van der Waals surface area contributed by atoms with Gasteiger partial charge in [0, 0.05) is 28.9 Å². The highest BCUT2D eigenvalue weighted by Gasteiger charge is 2.29. The average Bonchev–Trinajstić information content (AvgIpc) is 2.91. The van der Waals surface area contributed by atoms with Crippen LogP contribution < -0.4 is 5.32 Å². The first-order chi connectivity index (χ1) is 11.9. The molecule has 1 aromatic carbocycles. The highest BCUT2D eigenvalue weighted by molar-refractivity contribution is 7.17. The topological polar surface area (TPSA) is 86.7 Å². The molecule has 130 valence electrons. The number of aromatic carboxylic acids is 1. The highest BCUT2D eigenvalue weighted by atomic mass is 35.5. The predicted molar refractivity (Wildman–Crippen MR) is 95.5 cm³/mol. The molecule has 6 nitrogen and oxygen atoms in total. The highest BCUT2D eigenvalue weighted by Crippen LogP contribution is 2.37. The minimum atomic E-state index is -1.09. The van der Waals surface area contributed by atoms with Crippen molar-refractivity contribution in [3.05, 3.63) is 50.9 Å². The number of carboxylic acids is 1. The molecule has 0 saturated carbocycles. The van der Waals surface area contributed by atoms with Gasteiger partial charge < -0.3 is 15.3 Å². The molecule has 1 aliphatic heterocycles. The lowest BCUT2D eigenvalue weighted by molar-refractivity contribution is -0.129. The van der Waals surface area contributed by atoms with Crippen molar-refractivity contribution >= 4 is 45.7 Å². The van der Waals surface area contributed by atoms with Crippen LogP contribution in [0.2, 0.25) is 5.02 Å². The fourth-order valence-corrected chi connectivity index (χ4v) is 4.23. The number of carbonyl (C=O) groups is 3. The summed E-state index contributed by atoms with van der Waals surface area (Å²) in [6, 6.07) is 6.43. The van der Waals surface area contributed by atoms with Crippen LogP contribution in [0.25, 0.3) is 0 Å². The van der Waals surface area contributed by atoms with E-state index in [1.807, 2.05) is 0 Å². The van der Waals surface area contributed by atoms with E-state index < -0.39 is 11.9 Å². The van der Waals surface area contributed by atoms with Gasteiger partial charge in [0.2, 0.25) is 5.91 Å². The fourth-order valence-electron chi connectivity index (χ4n) is 2.79. The molecule has 2 amide bonds. The SMILES string of the molecule is CC(=O)N1CCc2c(sc(NC(=O)c3cccc(Cl)c3)c2C(=O)O)C1. The van der Waals surface area contributed by atoms with Crippen molar-refractivity contribution in [2.45, 2.75) is 19.9 Å². The molecule has 0 saturated heterocycles. The molecule has 2 aromatic rings. The van der Waals surface area contributed by atoms with Crippen LogP contribution in [-0.2, 0) is 17.8 Å². The van der Waals surface area contributed by atoms with Crippen LogP contribution in [0, 0.1) is 0 Å². The van der Waals surface area contributed by atoms with Crippen molar-refractivity contribution in [3.63, 3.8) is 0 Å². The van der Waals surface area contributed by atoms with Gasteiger partial charge in [0.05, 0.1) is 12.1 Å². The van der Waals surface area contributed by atoms with Gasteiger partial charge >= 0.3 is 5.97 Å². The van der Waals surface area contributed by atoms with Gasteiger partial charge in [-0.2, -0.15) is 0 Å². The molecule has 8 heteroatoms. The molecule has 0 spiro atoms. The van der Waals surface area contributed by atoms with E-state index in [0.29, 0.717) is 35.7 Å². The second-order valence-electron chi connectivity index (χ2n) is 5.67. The Kier molecular flexibility index (Phi) is 4.78. The van der Waals surface area contributed by atoms with Gasteiger partial charge in [-0.15, -0.1) is 11.3 Å². The first kappa shape index (κ1) is 17.4. The molecule has 1 aromatic heterocycles. The van der Waals surface area contributed by atoms with Gasteiger partial charge in [0.25, 0.3) is 5.91 Å². The third-order valence-corrected chi connectivity index (χ3v) is 5.40. The summed E-state index contributed by atoms with van der Waals surface area (Å²) in [6.45, 7) is 2.32. The molecule has 25 heavy (non-hydrogen) atoms. The number of carbonyl (C=O) groups excluding carboxylic acids is 2. The second kappa shape index (κ2) is 6.85. The molecule has 0 aliphatic carbocycles. The zero-order valence-corrected chi connectivity index (χ0v) is 14.9. The van der Waals surface area contributed by atoms with Crippen LogP contribution in [0.4, 0.5) is 5.00 Å². The lowest BCUT2D eigenvalue weighted by Crippen LogP contribution is -2.33. The van der Waals surface area contributed by atoms with Crippen LogP contribution in [0.1, 0.15) is 38.1 Å². The summed E-state index contributed by atoms with van der Waals surface area (Å²) in [5.74, 6) is -1.57. The van der Waals surface area contributed by atoms with Crippen LogP contribution in [0.15, 0.2) is 24.3 Å². The van der Waals surface area contributed by atoms with Crippen molar-refractivity contribution in [1.82, 2.24) is 4.90 Å². The molecule has 2 N–H and O–H groups in total. The summed E-state index contributed by atoms with van der Waals surface area (Å²) in [5.41, 5.74) is 1.15. The molecule has 0 radical (unpaired) electrons. The number of carboxylic acid groups (broad SMARTS) is 1. The van der Waals surface area contributed by atoms with Gasteiger partial charge in [-0.05, 0) is 30.2 Å². The van der Waals surface area contributed by atoms with Crippen molar-refractivity contribution in [1.29, 1.82) is 0 Å². The van der Waals surface area contributed by atoms with E-state index in [9.17, 15) is 19.5 Å². The zero-order chi connectivity index (χ0) is 18.1. The maximum absolute atomic E-state index is 12.4. The van der Waals surface area contributed by atoms with E-state index in [-0.39, 0.29) is 16.5 Å². The Morgan fingerprint density at radius 2 is 2.08 bits per heavy atom. The number of benzene rings is 1. The summed E-state index contributed by atoms with van der Waals surface area (Å²) < 4.78 is 0. The Labute approximate surface area is 153 Å². The molecule has 0 unspecified atom stereocenters. The lowest BCUT2D eigenvalue weighted by Gasteiger charge is -2.25. The Morgan fingerprint density at radius 3 is 2.72 bits per heavy atom. The first-order valence-electron chi connectivity index (χ1n) is 7.57. The monoisotopic (exact) mass is 378 g/mol. The molecule has 1 aliphatic rings. The normalized spacial score (nSPS) is 13.3. The number of nitrogens with one attached hydrogen (secondary N) is 1. The van der Waals surface area contributed by atoms with Gasteiger partial charge in [-0.3, -0.25) is 9.59 Å². The van der Waals surface area contributed by atoms with E-state index in [4.69, 9.17) is 11.6 Å².